The summed E-state index contributed by atoms with van der Waals surface area (Å²) in [7, 11) is 0. The summed E-state index contributed by atoms with van der Waals surface area (Å²) in [5.41, 5.74) is 4.46. The number of thiophene rings is 1. The largest absolute Gasteiger partial charge is 0.483 e. The summed E-state index contributed by atoms with van der Waals surface area (Å²) in [6.07, 6.45) is 1.60. The smallest absolute Gasteiger partial charge is 0.277 e. The number of amides is 1. The van der Waals surface area contributed by atoms with Crippen LogP contribution in [0.2, 0.25) is 0 Å². The Hall–Kier alpha value is -2.44. The Balaban J connectivity index is 1.58. The van der Waals surface area contributed by atoms with Crippen molar-refractivity contribution in [3.05, 3.63) is 75.4 Å². The Morgan fingerprint density at radius 1 is 1.08 bits per heavy atom. The Morgan fingerprint density at radius 3 is 2.60 bits per heavy atom. The van der Waals surface area contributed by atoms with Gasteiger partial charge in [-0.05, 0) is 39.7 Å². The first-order valence-electron chi connectivity index (χ1n) is 7.57. The van der Waals surface area contributed by atoms with Gasteiger partial charge in [-0.25, -0.2) is 5.43 Å². The minimum absolute atomic E-state index is 0.102. The van der Waals surface area contributed by atoms with Gasteiger partial charge in [-0.2, -0.15) is 5.10 Å². The highest BCUT2D eigenvalue weighted by Crippen LogP contribution is 2.29. The maximum absolute atomic E-state index is 11.9. The lowest BCUT2D eigenvalue weighted by Crippen LogP contribution is -2.24. The van der Waals surface area contributed by atoms with Crippen LogP contribution in [0.1, 0.15) is 4.88 Å². The average Bonchev–Trinajstić information content (AvgIpc) is 3.06. The van der Waals surface area contributed by atoms with Crippen LogP contribution in [0.3, 0.4) is 0 Å². The van der Waals surface area contributed by atoms with E-state index >= 15 is 0 Å². The highest BCUT2D eigenvalue weighted by atomic mass is 79.9. The molecule has 2 aromatic carbocycles. The fourth-order valence-corrected chi connectivity index (χ4v) is 3.49. The molecule has 0 aliphatic rings. The summed E-state index contributed by atoms with van der Waals surface area (Å²) in [6.45, 7) is -0.102. The van der Waals surface area contributed by atoms with Crippen LogP contribution in [-0.2, 0) is 4.79 Å². The second kappa shape index (κ2) is 8.60. The molecule has 25 heavy (non-hydrogen) atoms. The molecule has 0 aliphatic heterocycles. The van der Waals surface area contributed by atoms with Crippen molar-refractivity contribution < 1.29 is 9.53 Å². The first-order valence-corrected chi connectivity index (χ1v) is 9.18. The lowest BCUT2D eigenvalue weighted by Gasteiger charge is -2.10. The molecule has 0 unspecified atom stereocenters. The van der Waals surface area contributed by atoms with Gasteiger partial charge < -0.3 is 4.74 Å². The third kappa shape index (κ3) is 5.01. The molecule has 0 saturated heterocycles. The number of carbonyl (C=O) groups is 1. The zero-order valence-electron chi connectivity index (χ0n) is 13.2. The van der Waals surface area contributed by atoms with Gasteiger partial charge in [0, 0.05) is 10.4 Å². The second-order valence-corrected chi connectivity index (χ2v) is 7.58. The zero-order chi connectivity index (χ0) is 17.5. The third-order valence-corrected chi connectivity index (χ3v) is 4.86. The van der Waals surface area contributed by atoms with Crippen LogP contribution < -0.4 is 10.2 Å². The van der Waals surface area contributed by atoms with E-state index in [-0.39, 0.29) is 12.5 Å². The van der Waals surface area contributed by atoms with E-state index in [1.54, 1.807) is 6.21 Å². The fraction of sp³-hybridized carbons (Fsp3) is 0.0526. The quantitative estimate of drug-likeness (QED) is 0.469. The van der Waals surface area contributed by atoms with E-state index in [1.807, 2.05) is 66.7 Å². The van der Waals surface area contributed by atoms with Gasteiger partial charge in [0.15, 0.2) is 6.61 Å². The van der Waals surface area contributed by atoms with E-state index in [0.717, 1.165) is 19.8 Å². The molecule has 3 aromatic rings. The lowest BCUT2D eigenvalue weighted by atomic mass is 10.1. The van der Waals surface area contributed by atoms with Crippen LogP contribution in [0.4, 0.5) is 0 Å². The Morgan fingerprint density at radius 2 is 1.84 bits per heavy atom. The summed E-state index contributed by atoms with van der Waals surface area (Å²) < 4.78 is 6.68. The van der Waals surface area contributed by atoms with E-state index in [1.165, 1.54) is 11.3 Å². The van der Waals surface area contributed by atoms with E-state index in [2.05, 4.69) is 26.5 Å². The molecule has 1 N–H and O–H groups in total. The molecule has 1 amide bonds. The molecule has 0 spiro atoms. The van der Waals surface area contributed by atoms with Crippen molar-refractivity contribution >= 4 is 39.4 Å². The molecule has 0 fully saturated rings. The van der Waals surface area contributed by atoms with Gasteiger partial charge in [0.25, 0.3) is 5.91 Å². The van der Waals surface area contributed by atoms with Gasteiger partial charge in [-0.3, -0.25) is 4.79 Å². The van der Waals surface area contributed by atoms with Gasteiger partial charge >= 0.3 is 0 Å². The highest BCUT2D eigenvalue weighted by molar-refractivity contribution is 9.11. The van der Waals surface area contributed by atoms with Crippen LogP contribution in [0, 0.1) is 0 Å². The Bertz CT molecular complexity index is 878. The second-order valence-electron chi connectivity index (χ2n) is 5.09. The number of hydrogen-bond donors (Lipinski definition) is 1. The van der Waals surface area contributed by atoms with Gasteiger partial charge in [-0.1, -0.05) is 48.5 Å². The first kappa shape index (κ1) is 17.4. The molecule has 0 bridgehead atoms. The Labute approximate surface area is 158 Å². The molecule has 0 aliphatic carbocycles. The molecular formula is C19H15BrN2O2S. The number of para-hydroxylation sites is 1. The number of benzene rings is 2. The zero-order valence-corrected chi connectivity index (χ0v) is 15.6. The van der Waals surface area contributed by atoms with Crippen LogP contribution >= 0.6 is 27.3 Å². The number of rotatable bonds is 6. The van der Waals surface area contributed by atoms with Crippen molar-refractivity contribution in [3.8, 4) is 16.9 Å². The van der Waals surface area contributed by atoms with Crippen molar-refractivity contribution in [2.45, 2.75) is 0 Å². The summed E-state index contributed by atoms with van der Waals surface area (Å²) >= 11 is 4.91. The van der Waals surface area contributed by atoms with Gasteiger partial charge in [0.2, 0.25) is 0 Å². The number of halogens is 1. The van der Waals surface area contributed by atoms with Crippen molar-refractivity contribution in [1.82, 2.24) is 5.43 Å². The van der Waals surface area contributed by atoms with E-state index in [9.17, 15) is 4.79 Å². The molecule has 4 nitrogen and oxygen atoms in total. The molecule has 6 heteroatoms. The highest BCUT2D eigenvalue weighted by Gasteiger charge is 2.07. The summed E-state index contributed by atoms with van der Waals surface area (Å²) in [5.74, 6) is 0.352. The Kier molecular flexibility index (Phi) is 5.98. The van der Waals surface area contributed by atoms with Crippen molar-refractivity contribution in [1.29, 1.82) is 0 Å². The number of carbonyl (C=O) groups excluding carboxylic acids is 1. The van der Waals surface area contributed by atoms with Crippen molar-refractivity contribution in [2.24, 2.45) is 5.10 Å². The van der Waals surface area contributed by atoms with Crippen LogP contribution in [0.25, 0.3) is 11.1 Å². The SMILES string of the molecule is O=C(COc1ccccc1-c1ccccc1)NN=Cc1ccc(Br)s1. The van der Waals surface area contributed by atoms with Crippen LogP contribution in [0.15, 0.2) is 75.6 Å². The number of hydrogen-bond acceptors (Lipinski definition) is 4. The van der Waals surface area contributed by atoms with Gasteiger partial charge in [-0.15, -0.1) is 11.3 Å². The summed E-state index contributed by atoms with van der Waals surface area (Å²) in [5, 5.41) is 3.93. The minimum atomic E-state index is -0.310. The summed E-state index contributed by atoms with van der Waals surface area (Å²) in [6, 6.07) is 21.4. The van der Waals surface area contributed by atoms with Gasteiger partial charge in [0.05, 0.1) is 10.0 Å². The molecule has 126 valence electrons. The number of nitrogens with one attached hydrogen (secondary N) is 1. The molecule has 0 atom stereocenters. The average molecular weight is 415 g/mol. The monoisotopic (exact) mass is 414 g/mol. The summed E-state index contributed by atoms with van der Waals surface area (Å²) in [4.78, 5) is 12.9. The molecule has 0 saturated carbocycles. The first-order chi connectivity index (χ1) is 12.2. The topological polar surface area (TPSA) is 50.7 Å². The fourth-order valence-electron chi connectivity index (χ4n) is 2.19. The number of ether oxygens (including phenoxy) is 1. The standard InChI is InChI=1S/C19H15BrN2O2S/c20-18-11-10-15(25-18)12-21-22-19(23)13-24-17-9-5-4-8-16(17)14-6-2-1-3-7-14/h1-12H,13H2,(H,22,23). The maximum Gasteiger partial charge on any atom is 0.277 e. The van der Waals surface area contributed by atoms with Crippen molar-refractivity contribution in [3.63, 3.8) is 0 Å². The minimum Gasteiger partial charge on any atom is -0.483 e. The van der Waals surface area contributed by atoms with E-state index in [4.69, 9.17) is 4.74 Å². The molecule has 1 aromatic heterocycles. The number of nitrogens with zero attached hydrogens (tertiary/aromatic N) is 1. The van der Waals surface area contributed by atoms with Gasteiger partial charge in [0.1, 0.15) is 5.75 Å². The normalized spacial score (nSPS) is 10.8. The number of hydrazone groups is 1. The van der Waals surface area contributed by atoms with Crippen LogP contribution in [0.5, 0.6) is 5.75 Å². The molecular weight excluding hydrogens is 400 g/mol. The van der Waals surface area contributed by atoms with Crippen LogP contribution in [-0.4, -0.2) is 18.7 Å². The van der Waals surface area contributed by atoms with Crippen molar-refractivity contribution in [2.75, 3.05) is 6.61 Å². The third-order valence-electron chi connectivity index (χ3n) is 3.31. The lowest BCUT2D eigenvalue weighted by molar-refractivity contribution is -0.123. The predicted molar refractivity (Wildman–Crippen MR) is 105 cm³/mol. The van der Waals surface area contributed by atoms with E-state index < -0.39 is 0 Å². The maximum atomic E-state index is 11.9. The predicted octanol–water partition coefficient (Wildman–Crippen LogP) is 4.71. The molecule has 0 radical (unpaired) electrons. The van der Waals surface area contributed by atoms with E-state index in [0.29, 0.717) is 5.75 Å². The molecule has 3 rings (SSSR count). The molecule has 1 heterocycles.